The smallest absolute Gasteiger partial charge is 0.416 e. The van der Waals surface area contributed by atoms with E-state index in [-0.39, 0.29) is 31.3 Å². The van der Waals surface area contributed by atoms with E-state index >= 15 is 0 Å². The molecule has 2 amide bonds. The number of aliphatic carboxylic acids is 1. The van der Waals surface area contributed by atoms with Gasteiger partial charge in [0.2, 0.25) is 0 Å². The number of aryl methyl sites for hydroxylation is 1. The highest BCUT2D eigenvalue weighted by atomic mass is 19.4. The van der Waals surface area contributed by atoms with Gasteiger partial charge in [0.1, 0.15) is 11.9 Å². The molecule has 0 aliphatic heterocycles. The summed E-state index contributed by atoms with van der Waals surface area (Å²) >= 11 is 0. The Morgan fingerprint density at radius 2 is 1.78 bits per heavy atom. The number of carboxylic acid groups (broad SMARTS) is 1. The van der Waals surface area contributed by atoms with Gasteiger partial charge in [0, 0.05) is 6.54 Å². The average Bonchev–Trinajstić information content (AvgIpc) is 3.30. The molecule has 36 heavy (non-hydrogen) atoms. The van der Waals surface area contributed by atoms with Gasteiger partial charge in [-0.1, -0.05) is 35.5 Å². The summed E-state index contributed by atoms with van der Waals surface area (Å²) in [7, 11) is 0. The summed E-state index contributed by atoms with van der Waals surface area (Å²) in [6.45, 7) is -0.0941. The summed E-state index contributed by atoms with van der Waals surface area (Å²) in [4.78, 5) is 36.0. The molecule has 0 radical (unpaired) electrons. The highest BCUT2D eigenvalue weighted by Crippen LogP contribution is 2.30. The van der Waals surface area contributed by atoms with Crippen molar-refractivity contribution >= 4 is 17.8 Å². The minimum atomic E-state index is -4.74. The summed E-state index contributed by atoms with van der Waals surface area (Å²) in [6.07, 6.45) is -2.91. The lowest BCUT2D eigenvalue weighted by molar-refractivity contribution is -0.139. The van der Waals surface area contributed by atoms with Crippen LogP contribution in [-0.4, -0.2) is 50.5 Å². The maximum Gasteiger partial charge on any atom is 0.416 e. The van der Waals surface area contributed by atoms with Crippen molar-refractivity contribution < 1.29 is 37.1 Å². The van der Waals surface area contributed by atoms with E-state index in [4.69, 9.17) is 0 Å². The zero-order valence-corrected chi connectivity index (χ0v) is 18.6. The first-order chi connectivity index (χ1) is 17.0. The number of alkyl halides is 3. The van der Waals surface area contributed by atoms with Crippen molar-refractivity contribution in [2.75, 3.05) is 6.54 Å². The molecule has 0 spiro atoms. The summed E-state index contributed by atoms with van der Waals surface area (Å²) in [6, 6.07) is 9.60. The number of rotatable bonds is 10. The molecule has 3 rings (SSSR count). The third-order valence-electron chi connectivity index (χ3n) is 5.11. The Bertz CT molecular complexity index is 1230. The van der Waals surface area contributed by atoms with Gasteiger partial charge in [-0.3, -0.25) is 9.59 Å². The Labute approximate surface area is 202 Å². The molecule has 13 heteroatoms. The van der Waals surface area contributed by atoms with Crippen LogP contribution >= 0.6 is 0 Å². The lowest BCUT2D eigenvalue weighted by Gasteiger charge is -2.13. The Kier molecular flexibility index (Phi) is 8.35. The van der Waals surface area contributed by atoms with Crippen molar-refractivity contribution in [2.45, 2.75) is 31.6 Å². The van der Waals surface area contributed by atoms with Crippen LogP contribution in [0.2, 0.25) is 0 Å². The van der Waals surface area contributed by atoms with Crippen molar-refractivity contribution in [1.29, 1.82) is 0 Å². The van der Waals surface area contributed by atoms with Crippen LogP contribution in [0.1, 0.15) is 38.4 Å². The molecule has 0 saturated carbocycles. The molecule has 1 aromatic heterocycles. The standard InChI is InChI=1S/C23H21F4N5O4/c24-17-12-15(23(25,26)27)7-8-16(17)20(33)28-10-11-32-13-19(30-31-32)21(34)29-18(22(35)36)9-6-14-4-2-1-3-5-14/h1-5,7-8,12-13,18H,6,9-11H2,(H,28,33)(H,29,34)(H,35,36). The van der Waals surface area contributed by atoms with E-state index in [0.717, 1.165) is 11.6 Å². The Morgan fingerprint density at radius 1 is 1.06 bits per heavy atom. The van der Waals surface area contributed by atoms with Crippen molar-refractivity contribution in [3.8, 4) is 0 Å². The molecule has 1 atom stereocenters. The SMILES string of the molecule is O=C(NC(CCc1ccccc1)C(=O)O)c1cn(CCNC(=O)c2ccc(C(F)(F)F)cc2F)nn1. The molecular weight excluding hydrogens is 486 g/mol. The first kappa shape index (κ1) is 26.3. The molecule has 3 N–H and O–H groups in total. The van der Waals surface area contributed by atoms with E-state index in [9.17, 15) is 37.1 Å². The van der Waals surface area contributed by atoms with Crippen LogP contribution < -0.4 is 10.6 Å². The number of carbonyl (C=O) groups is 3. The quantitative estimate of drug-likeness (QED) is 0.363. The summed E-state index contributed by atoms with van der Waals surface area (Å²) in [5.74, 6) is -4.20. The molecule has 2 aromatic carbocycles. The van der Waals surface area contributed by atoms with Crippen LogP contribution in [0.5, 0.6) is 0 Å². The highest BCUT2D eigenvalue weighted by Gasteiger charge is 2.31. The largest absolute Gasteiger partial charge is 0.480 e. The minimum Gasteiger partial charge on any atom is -0.480 e. The third kappa shape index (κ3) is 7.10. The summed E-state index contributed by atoms with van der Waals surface area (Å²) in [5.41, 5.74) is -1.00. The maximum absolute atomic E-state index is 13.9. The fourth-order valence-electron chi connectivity index (χ4n) is 3.21. The van der Waals surface area contributed by atoms with Crippen molar-refractivity contribution in [1.82, 2.24) is 25.6 Å². The molecule has 0 aliphatic carbocycles. The lowest BCUT2D eigenvalue weighted by atomic mass is 10.1. The van der Waals surface area contributed by atoms with Gasteiger partial charge in [0.25, 0.3) is 11.8 Å². The maximum atomic E-state index is 13.9. The van der Waals surface area contributed by atoms with Crippen LogP contribution in [0.25, 0.3) is 0 Å². The van der Waals surface area contributed by atoms with Crippen LogP contribution in [0.15, 0.2) is 54.7 Å². The molecular formula is C23H21F4N5O4. The second-order valence-electron chi connectivity index (χ2n) is 7.70. The van der Waals surface area contributed by atoms with Gasteiger partial charge >= 0.3 is 12.1 Å². The molecule has 9 nitrogen and oxygen atoms in total. The number of nitrogens with one attached hydrogen (secondary N) is 2. The Hall–Kier alpha value is -4.29. The normalized spacial score (nSPS) is 12.1. The zero-order valence-electron chi connectivity index (χ0n) is 18.6. The summed E-state index contributed by atoms with van der Waals surface area (Å²) in [5, 5.41) is 21.5. The monoisotopic (exact) mass is 507 g/mol. The second-order valence-corrected chi connectivity index (χ2v) is 7.70. The van der Waals surface area contributed by atoms with E-state index < -0.39 is 46.9 Å². The van der Waals surface area contributed by atoms with E-state index in [1.54, 1.807) is 0 Å². The predicted molar refractivity (Wildman–Crippen MR) is 117 cm³/mol. The number of hydrogen-bond donors (Lipinski definition) is 3. The predicted octanol–water partition coefficient (Wildman–Crippen LogP) is 2.68. The van der Waals surface area contributed by atoms with Gasteiger partial charge in [-0.2, -0.15) is 13.2 Å². The number of aromatic nitrogens is 3. The van der Waals surface area contributed by atoms with Crippen LogP contribution in [-0.2, 0) is 23.9 Å². The molecule has 0 saturated heterocycles. The Morgan fingerprint density at radius 3 is 2.42 bits per heavy atom. The van der Waals surface area contributed by atoms with Crippen LogP contribution in [0.3, 0.4) is 0 Å². The average molecular weight is 507 g/mol. The van der Waals surface area contributed by atoms with Gasteiger partial charge in [0.05, 0.1) is 23.9 Å². The van der Waals surface area contributed by atoms with E-state index in [1.807, 2.05) is 30.3 Å². The first-order valence-electron chi connectivity index (χ1n) is 10.7. The fraction of sp³-hybridized carbons (Fsp3) is 0.261. The molecule has 3 aromatic rings. The van der Waals surface area contributed by atoms with Gasteiger partial charge < -0.3 is 15.7 Å². The second kappa shape index (κ2) is 11.4. The van der Waals surface area contributed by atoms with Gasteiger partial charge in [-0.05, 0) is 36.6 Å². The van der Waals surface area contributed by atoms with E-state index in [0.29, 0.717) is 12.5 Å². The number of carboxylic acids is 1. The number of halogens is 4. The number of nitrogens with zero attached hydrogens (tertiary/aromatic N) is 3. The van der Waals surface area contributed by atoms with Crippen molar-refractivity contribution in [2.24, 2.45) is 0 Å². The Balaban J connectivity index is 1.51. The van der Waals surface area contributed by atoms with Crippen LogP contribution in [0.4, 0.5) is 17.6 Å². The lowest BCUT2D eigenvalue weighted by Crippen LogP contribution is -2.41. The van der Waals surface area contributed by atoms with E-state index in [2.05, 4.69) is 20.9 Å². The third-order valence-corrected chi connectivity index (χ3v) is 5.11. The fourth-order valence-corrected chi connectivity index (χ4v) is 3.21. The number of benzene rings is 2. The number of hydrogen-bond acceptors (Lipinski definition) is 5. The summed E-state index contributed by atoms with van der Waals surface area (Å²) < 4.78 is 53.0. The molecule has 1 heterocycles. The zero-order chi connectivity index (χ0) is 26.3. The topological polar surface area (TPSA) is 126 Å². The molecule has 0 aliphatic rings. The molecule has 1 unspecified atom stereocenters. The first-order valence-corrected chi connectivity index (χ1v) is 10.7. The van der Waals surface area contributed by atoms with Gasteiger partial charge in [-0.15, -0.1) is 5.10 Å². The van der Waals surface area contributed by atoms with Crippen LogP contribution in [0, 0.1) is 5.82 Å². The number of carbonyl (C=O) groups excluding carboxylic acids is 2. The highest BCUT2D eigenvalue weighted by molar-refractivity contribution is 5.95. The van der Waals surface area contributed by atoms with Crippen molar-refractivity contribution in [3.63, 3.8) is 0 Å². The van der Waals surface area contributed by atoms with Gasteiger partial charge in [0.15, 0.2) is 5.69 Å². The number of amides is 2. The minimum absolute atomic E-state index is 0.00460. The van der Waals surface area contributed by atoms with Crippen molar-refractivity contribution in [3.05, 3.63) is 82.9 Å². The molecule has 190 valence electrons. The van der Waals surface area contributed by atoms with E-state index in [1.165, 1.54) is 10.9 Å². The molecule has 0 bridgehead atoms. The van der Waals surface area contributed by atoms with Gasteiger partial charge in [-0.25, -0.2) is 13.9 Å². The molecule has 0 fully saturated rings.